The Balaban J connectivity index is 0.000000810. The van der Waals surface area contributed by atoms with Crippen molar-refractivity contribution < 1.29 is 0 Å². The first-order valence-corrected chi connectivity index (χ1v) is 3.00. The van der Waals surface area contributed by atoms with Crippen molar-refractivity contribution >= 4 is 24.0 Å². The lowest BCUT2D eigenvalue weighted by molar-refractivity contribution is 0.768. The molecule has 1 heterocycles. The van der Waals surface area contributed by atoms with Gasteiger partial charge in [-0.1, -0.05) is 11.6 Å². The van der Waals surface area contributed by atoms with E-state index in [9.17, 15) is 0 Å². The van der Waals surface area contributed by atoms with Gasteiger partial charge in [-0.15, -0.1) is 12.4 Å². The van der Waals surface area contributed by atoms with Crippen LogP contribution < -0.4 is 5.73 Å². The number of hydrogen-bond donors (Lipinski definition) is 1. The number of nitrogens with zero attached hydrogens (tertiary/aromatic N) is 2. The average Bonchev–Trinajstić information content (AvgIpc) is 2.15. The van der Waals surface area contributed by atoms with E-state index in [1.54, 1.807) is 17.9 Å². The topological polar surface area (TPSA) is 43.8 Å². The van der Waals surface area contributed by atoms with Crippen molar-refractivity contribution in [3.05, 3.63) is 16.9 Å². The Bertz CT molecular complexity index is 209. The Morgan fingerprint density at radius 2 is 2.40 bits per heavy atom. The summed E-state index contributed by atoms with van der Waals surface area (Å²) in [7, 11) is 1.78. The van der Waals surface area contributed by atoms with E-state index in [4.69, 9.17) is 17.3 Å². The molecule has 10 heavy (non-hydrogen) atoms. The molecule has 0 aliphatic rings. The molecule has 3 nitrogen and oxygen atoms in total. The summed E-state index contributed by atoms with van der Waals surface area (Å²) in [6.07, 6.45) is 1.67. The standard InChI is InChI=1S/C5H8ClN3.ClH/c1-9-5(6)4(2-7)3-8-9;/h3H,2,7H2,1H3;1H. The molecule has 0 unspecified atom stereocenters. The fraction of sp³-hybridized carbons (Fsp3) is 0.400. The largest absolute Gasteiger partial charge is 0.326 e. The first-order chi connectivity index (χ1) is 4.25. The Labute approximate surface area is 70.6 Å². The van der Waals surface area contributed by atoms with Gasteiger partial charge in [0.25, 0.3) is 0 Å². The number of rotatable bonds is 1. The van der Waals surface area contributed by atoms with Crippen LogP contribution in [0.2, 0.25) is 5.15 Å². The van der Waals surface area contributed by atoms with E-state index in [1.165, 1.54) is 0 Å². The van der Waals surface area contributed by atoms with Gasteiger partial charge in [-0.05, 0) is 0 Å². The second-order valence-corrected chi connectivity index (χ2v) is 2.15. The van der Waals surface area contributed by atoms with Crippen molar-refractivity contribution in [3.63, 3.8) is 0 Å². The third-order valence-electron chi connectivity index (χ3n) is 1.16. The van der Waals surface area contributed by atoms with Crippen LogP contribution in [0.4, 0.5) is 0 Å². The lowest BCUT2D eigenvalue weighted by Gasteiger charge is -1.91. The monoisotopic (exact) mass is 181 g/mol. The number of aryl methyl sites for hydroxylation is 1. The van der Waals surface area contributed by atoms with Gasteiger partial charge in [0.05, 0.1) is 6.20 Å². The van der Waals surface area contributed by atoms with Crippen LogP contribution in [0.3, 0.4) is 0 Å². The van der Waals surface area contributed by atoms with E-state index < -0.39 is 0 Å². The molecule has 1 aromatic rings. The predicted molar refractivity (Wildman–Crippen MR) is 43.4 cm³/mol. The Morgan fingerprint density at radius 1 is 1.80 bits per heavy atom. The van der Waals surface area contributed by atoms with Gasteiger partial charge in [0.1, 0.15) is 5.15 Å². The van der Waals surface area contributed by atoms with Gasteiger partial charge >= 0.3 is 0 Å². The van der Waals surface area contributed by atoms with Crippen LogP contribution in [0.5, 0.6) is 0 Å². The Morgan fingerprint density at radius 3 is 2.60 bits per heavy atom. The van der Waals surface area contributed by atoms with Crippen LogP contribution in [-0.4, -0.2) is 9.78 Å². The molecule has 0 aliphatic carbocycles. The highest BCUT2D eigenvalue weighted by Gasteiger charge is 2.00. The Kier molecular flexibility index (Phi) is 3.71. The maximum Gasteiger partial charge on any atom is 0.131 e. The summed E-state index contributed by atoms with van der Waals surface area (Å²) < 4.78 is 1.59. The minimum absolute atomic E-state index is 0. The Hall–Kier alpha value is -0.250. The van der Waals surface area contributed by atoms with Gasteiger partial charge in [0.15, 0.2) is 0 Å². The molecule has 0 aromatic carbocycles. The highest BCUT2D eigenvalue weighted by Crippen LogP contribution is 2.11. The second kappa shape index (κ2) is 3.81. The van der Waals surface area contributed by atoms with Crippen LogP contribution in [0.15, 0.2) is 6.20 Å². The second-order valence-electron chi connectivity index (χ2n) is 1.79. The molecule has 0 atom stereocenters. The van der Waals surface area contributed by atoms with Crippen molar-refractivity contribution in [2.24, 2.45) is 12.8 Å². The molecule has 0 bridgehead atoms. The molecule has 0 saturated heterocycles. The van der Waals surface area contributed by atoms with Gasteiger partial charge in [0, 0.05) is 19.2 Å². The highest BCUT2D eigenvalue weighted by atomic mass is 35.5. The van der Waals surface area contributed by atoms with Crippen LogP contribution in [0, 0.1) is 0 Å². The molecule has 0 amide bonds. The van der Waals surface area contributed by atoms with Gasteiger partial charge < -0.3 is 5.73 Å². The molecule has 5 heteroatoms. The van der Waals surface area contributed by atoms with Gasteiger partial charge in [-0.25, -0.2) is 0 Å². The zero-order valence-corrected chi connectivity index (χ0v) is 7.11. The predicted octanol–water partition coefficient (Wildman–Crippen LogP) is 0.954. The van der Waals surface area contributed by atoms with E-state index in [-0.39, 0.29) is 12.4 Å². The van der Waals surface area contributed by atoms with E-state index in [0.29, 0.717) is 11.7 Å². The summed E-state index contributed by atoms with van der Waals surface area (Å²) >= 11 is 5.73. The van der Waals surface area contributed by atoms with E-state index in [0.717, 1.165) is 5.56 Å². The first kappa shape index (κ1) is 9.75. The zero-order valence-electron chi connectivity index (χ0n) is 5.54. The van der Waals surface area contributed by atoms with Crippen molar-refractivity contribution in [1.29, 1.82) is 0 Å². The van der Waals surface area contributed by atoms with Crippen molar-refractivity contribution in [1.82, 2.24) is 9.78 Å². The molecule has 2 N–H and O–H groups in total. The summed E-state index contributed by atoms with van der Waals surface area (Å²) in [5, 5.41) is 4.51. The van der Waals surface area contributed by atoms with Gasteiger partial charge in [-0.2, -0.15) is 5.10 Å². The zero-order chi connectivity index (χ0) is 6.85. The smallest absolute Gasteiger partial charge is 0.131 e. The fourth-order valence-corrected chi connectivity index (χ4v) is 0.775. The molecule has 0 aliphatic heterocycles. The maximum atomic E-state index is 5.73. The van der Waals surface area contributed by atoms with Crippen LogP contribution in [-0.2, 0) is 13.6 Å². The lowest BCUT2D eigenvalue weighted by atomic mass is 10.4. The summed E-state index contributed by atoms with van der Waals surface area (Å²) in [6.45, 7) is 0.451. The highest BCUT2D eigenvalue weighted by molar-refractivity contribution is 6.30. The third-order valence-corrected chi connectivity index (χ3v) is 1.64. The molecule has 1 rings (SSSR count). The van der Waals surface area contributed by atoms with E-state index in [2.05, 4.69) is 5.10 Å². The third kappa shape index (κ3) is 1.62. The normalized spacial score (nSPS) is 9.10. The van der Waals surface area contributed by atoms with Crippen LogP contribution in [0.1, 0.15) is 5.56 Å². The molecule has 0 saturated carbocycles. The van der Waals surface area contributed by atoms with Crippen molar-refractivity contribution in [2.45, 2.75) is 6.54 Å². The fourth-order valence-electron chi connectivity index (χ4n) is 0.605. The van der Waals surface area contributed by atoms with E-state index in [1.807, 2.05) is 0 Å². The van der Waals surface area contributed by atoms with Crippen molar-refractivity contribution in [3.8, 4) is 0 Å². The van der Waals surface area contributed by atoms with E-state index >= 15 is 0 Å². The lowest BCUT2D eigenvalue weighted by Crippen LogP contribution is -1.95. The number of halogens is 2. The van der Waals surface area contributed by atoms with Crippen molar-refractivity contribution in [2.75, 3.05) is 0 Å². The molecular formula is C5H9Cl2N3. The maximum absolute atomic E-state index is 5.73. The quantitative estimate of drug-likeness (QED) is 0.702. The molecule has 0 radical (unpaired) electrons. The summed E-state index contributed by atoms with van der Waals surface area (Å²) in [6, 6.07) is 0. The summed E-state index contributed by atoms with van der Waals surface area (Å²) in [5.74, 6) is 0. The molecule has 0 fully saturated rings. The SMILES string of the molecule is Cl.Cn1ncc(CN)c1Cl. The van der Waals surface area contributed by atoms with Crippen LogP contribution >= 0.6 is 24.0 Å². The first-order valence-electron chi connectivity index (χ1n) is 2.62. The number of nitrogens with two attached hydrogens (primary N) is 1. The molecule has 1 aromatic heterocycles. The summed E-state index contributed by atoms with van der Waals surface area (Å²) in [4.78, 5) is 0. The van der Waals surface area contributed by atoms with Gasteiger partial charge in [0.2, 0.25) is 0 Å². The van der Waals surface area contributed by atoms with Crippen LogP contribution in [0.25, 0.3) is 0 Å². The number of hydrogen-bond acceptors (Lipinski definition) is 2. The van der Waals surface area contributed by atoms with Gasteiger partial charge in [-0.3, -0.25) is 4.68 Å². The molecule has 0 spiro atoms. The average molecular weight is 182 g/mol. The number of aromatic nitrogens is 2. The summed E-state index contributed by atoms with van der Waals surface area (Å²) in [5.41, 5.74) is 6.21. The minimum atomic E-state index is 0. The molecule has 58 valence electrons. The minimum Gasteiger partial charge on any atom is -0.326 e. The molecular weight excluding hydrogens is 173 g/mol.